The molecule has 2 N–H and O–H groups in total. The Balaban J connectivity index is 2.23. The van der Waals surface area contributed by atoms with Crippen LogP contribution in [-0.4, -0.2) is 18.2 Å². The zero-order chi connectivity index (χ0) is 13.4. The molecule has 0 aromatic rings. The highest BCUT2D eigenvalue weighted by Gasteiger charge is 2.25. The Kier molecular flexibility index (Phi) is 6.67. The molecule has 18 heavy (non-hydrogen) atoms. The van der Waals surface area contributed by atoms with E-state index in [1.807, 2.05) is 6.92 Å². The van der Waals surface area contributed by atoms with E-state index in [2.05, 4.69) is 13.0 Å². The normalized spacial score (nSPS) is 27.4. The molecule has 0 radical (unpaired) electrons. The summed E-state index contributed by atoms with van der Waals surface area (Å²) in [5.74, 6) is 0.739. The molecule has 1 aliphatic carbocycles. The van der Waals surface area contributed by atoms with Crippen LogP contribution in [0.2, 0.25) is 0 Å². The third-order valence-corrected chi connectivity index (χ3v) is 4.32. The summed E-state index contributed by atoms with van der Waals surface area (Å²) in [6.07, 6.45) is 9.19. The number of hydrogen-bond donors (Lipinski definition) is 1. The lowest BCUT2D eigenvalue weighted by Crippen LogP contribution is -2.37. The molecule has 0 heterocycles. The molecule has 0 spiro atoms. The third-order valence-electron chi connectivity index (χ3n) is 4.32. The Morgan fingerprint density at radius 3 is 2.67 bits per heavy atom. The summed E-state index contributed by atoms with van der Waals surface area (Å²) in [5, 5.41) is 9.00. The average Bonchev–Trinajstić information content (AvgIpc) is 2.43. The van der Waals surface area contributed by atoms with E-state index in [-0.39, 0.29) is 0 Å². The lowest BCUT2D eigenvalue weighted by atomic mass is 9.85. The van der Waals surface area contributed by atoms with Gasteiger partial charge in [-0.25, -0.2) is 0 Å². The van der Waals surface area contributed by atoms with E-state index < -0.39 is 5.54 Å². The Hall–Kier alpha value is -0.590. The number of nitrogens with two attached hydrogens (primary N) is 1. The maximum Gasteiger partial charge on any atom is 0.104 e. The maximum atomic E-state index is 9.00. The van der Waals surface area contributed by atoms with Gasteiger partial charge in [-0.2, -0.15) is 5.26 Å². The minimum Gasteiger partial charge on any atom is -0.378 e. The zero-order valence-electron chi connectivity index (χ0n) is 12.0. The molecule has 0 amide bonds. The van der Waals surface area contributed by atoms with Crippen LogP contribution in [0.15, 0.2) is 0 Å². The Morgan fingerprint density at radius 1 is 1.33 bits per heavy atom. The molecule has 104 valence electrons. The molecular formula is C15H28N2O. The smallest absolute Gasteiger partial charge is 0.104 e. The summed E-state index contributed by atoms with van der Waals surface area (Å²) in [7, 11) is 0. The van der Waals surface area contributed by atoms with Crippen LogP contribution < -0.4 is 5.73 Å². The van der Waals surface area contributed by atoms with Crippen molar-refractivity contribution < 1.29 is 4.74 Å². The van der Waals surface area contributed by atoms with Crippen molar-refractivity contribution in [2.75, 3.05) is 6.61 Å². The summed E-state index contributed by atoms with van der Waals surface area (Å²) in [6.45, 7) is 4.98. The molecule has 1 rings (SSSR count). The Bertz CT molecular complexity index is 274. The zero-order valence-corrected chi connectivity index (χ0v) is 12.0. The number of nitrogens with zero attached hydrogens (tertiary/aromatic N) is 1. The third kappa shape index (κ3) is 4.59. The summed E-state index contributed by atoms with van der Waals surface area (Å²) >= 11 is 0. The summed E-state index contributed by atoms with van der Waals surface area (Å²) in [4.78, 5) is 0. The van der Waals surface area contributed by atoms with Gasteiger partial charge in [0, 0.05) is 6.61 Å². The molecule has 0 aromatic carbocycles. The van der Waals surface area contributed by atoms with Crippen LogP contribution in [0.25, 0.3) is 0 Å². The predicted molar refractivity (Wildman–Crippen MR) is 74.0 cm³/mol. The second-order valence-electron chi connectivity index (χ2n) is 5.59. The quantitative estimate of drug-likeness (QED) is 0.707. The topological polar surface area (TPSA) is 59.0 Å². The molecule has 3 unspecified atom stereocenters. The highest BCUT2D eigenvalue weighted by molar-refractivity contribution is 5.03. The van der Waals surface area contributed by atoms with Gasteiger partial charge in [0.15, 0.2) is 0 Å². The van der Waals surface area contributed by atoms with Gasteiger partial charge in [0.1, 0.15) is 5.54 Å². The molecule has 3 heteroatoms. The van der Waals surface area contributed by atoms with Crippen molar-refractivity contribution in [3.63, 3.8) is 0 Å². The summed E-state index contributed by atoms with van der Waals surface area (Å²) in [5.41, 5.74) is 5.30. The molecule has 1 fully saturated rings. The Morgan fingerprint density at radius 2 is 2.06 bits per heavy atom. The van der Waals surface area contributed by atoms with Crippen molar-refractivity contribution >= 4 is 0 Å². The maximum absolute atomic E-state index is 9.00. The van der Waals surface area contributed by atoms with E-state index in [4.69, 9.17) is 15.7 Å². The highest BCUT2D eigenvalue weighted by atomic mass is 16.5. The molecule has 3 nitrogen and oxygen atoms in total. The van der Waals surface area contributed by atoms with E-state index in [9.17, 15) is 0 Å². The van der Waals surface area contributed by atoms with Gasteiger partial charge < -0.3 is 10.5 Å². The first-order valence-corrected chi connectivity index (χ1v) is 7.47. The number of nitriles is 1. The molecule has 0 aromatic heterocycles. The van der Waals surface area contributed by atoms with Crippen molar-refractivity contribution in [3.8, 4) is 6.07 Å². The van der Waals surface area contributed by atoms with Gasteiger partial charge in [-0.1, -0.05) is 33.1 Å². The van der Waals surface area contributed by atoms with Crippen molar-refractivity contribution in [1.82, 2.24) is 0 Å². The van der Waals surface area contributed by atoms with Crippen LogP contribution in [0.4, 0.5) is 0 Å². The van der Waals surface area contributed by atoms with Gasteiger partial charge in [-0.15, -0.1) is 0 Å². The van der Waals surface area contributed by atoms with Crippen LogP contribution >= 0.6 is 0 Å². The molecular weight excluding hydrogens is 224 g/mol. The SMILES string of the molecule is CCC1CCCCC1OCCCC(N)(C#N)CC. The molecule has 3 atom stereocenters. The van der Waals surface area contributed by atoms with E-state index in [1.165, 1.54) is 32.1 Å². The second-order valence-corrected chi connectivity index (χ2v) is 5.59. The van der Waals surface area contributed by atoms with Crippen molar-refractivity contribution in [1.29, 1.82) is 5.26 Å². The van der Waals surface area contributed by atoms with Gasteiger partial charge in [0.2, 0.25) is 0 Å². The fourth-order valence-electron chi connectivity index (χ4n) is 2.79. The van der Waals surface area contributed by atoms with Crippen LogP contribution in [-0.2, 0) is 4.74 Å². The molecule has 1 aliphatic rings. The lowest BCUT2D eigenvalue weighted by Gasteiger charge is -2.31. The van der Waals surface area contributed by atoms with E-state index in [1.54, 1.807) is 0 Å². The standard InChI is InChI=1S/C15H28N2O/c1-3-13-8-5-6-9-14(13)18-11-7-10-15(17,4-2)12-16/h13-14H,3-11,17H2,1-2H3. The van der Waals surface area contributed by atoms with E-state index >= 15 is 0 Å². The van der Waals surface area contributed by atoms with Crippen LogP contribution in [0.1, 0.15) is 65.2 Å². The first-order chi connectivity index (χ1) is 8.65. The first kappa shape index (κ1) is 15.5. The Labute approximate surface area is 112 Å². The van der Waals surface area contributed by atoms with Gasteiger partial charge in [-0.05, 0) is 38.0 Å². The molecule has 0 saturated heterocycles. The molecule has 1 saturated carbocycles. The number of rotatable bonds is 7. The van der Waals surface area contributed by atoms with Crippen LogP contribution in [0, 0.1) is 17.2 Å². The van der Waals surface area contributed by atoms with Crippen molar-refractivity contribution in [2.45, 2.75) is 76.9 Å². The molecule has 0 aliphatic heterocycles. The first-order valence-electron chi connectivity index (χ1n) is 7.47. The van der Waals surface area contributed by atoms with E-state index in [0.717, 1.165) is 25.4 Å². The van der Waals surface area contributed by atoms with Crippen molar-refractivity contribution in [3.05, 3.63) is 0 Å². The van der Waals surface area contributed by atoms with Gasteiger partial charge in [0.05, 0.1) is 12.2 Å². The minimum atomic E-state index is -0.653. The van der Waals surface area contributed by atoms with Gasteiger partial charge in [-0.3, -0.25) is 0 Å². The lowest BCUT2D eigenvalue weighted by molar-refractivity contribution is -0.0143. The summed E-state index contributed by atoms with van der Waals surface area (Å²) in [6, 6.07) is 2.21. The average molecular weight is 252 g/mol. The number of ether oxygens (including phenoxy) is 1. The summed E-state index contributed by atoms with van der Waals surface area (Å²) < 4.78 is 6.01. The van der Waals surface area contributed by atoms with Crippen LogP contribution in [0.3, 0.4) is 0 Å². The monoisotopic (exact) mass is 252 g/mol. The second kappa shape index (κ2) is 7.76. The fraction of sp³-hybridized carbons (Fsp3) is 0.933. The van der Waals surface area contributed by atoms with Gasteiger partial charge >= 0.3 is 0 Å². The minimum absolute atomic E-state index is 0.444. The van der Waals surface area contributed by atoms with Crippen LogP contribution in [0.5, 0.6) is 0 Å². The largest absolute Gasteiger partial charge is 0.378 e. The van der Waals surface area contributed by atoms with Crippen molar-refractivity contribution in [2.24, 2.45) is 11.7 Å². The van der Waals surface area contributed by atoms with E-state index in [0.29, 0.717) is 12.5 Å². The fourth-order valence-corrected chi connectivity index (χ4v) is 2.79. The number of hydrogen-bond acceptors (Lipinski definition) is 3. The highest BCUT2D eigenvalue weighted by Crippen LogP contribution is 2.29. The predicted octanol–water partition coefficient (Wildman–Crippen LogP) is 3.38. The van der Waals surface area contributed by atoms with Gasteiger partial charge in [0.25, 0.3) is 0 Å². The molecule has 0 bridgehead atoms.